The van der Waals surface area contributed by atoms with E-state index in [1.54, 1.807) is 38.1 Å². The number of aromatic nitrogens is 1. The Hall–Kier alpha value is -3.91. The average Bonchev–Trinajstić information content (AvgIpc) is 3.43. The molecule has 1 amide bonds. The lowest BCUT2D eigenvalue weighted by Crippen LogP contribution is -2.40. The highest BCUT2D eigenvalue weighted by molar-refractivity contribution is 6.05. The number of pyridine rings is 1. The number of amides is 1. The van der Waals surface area contributed by atoms with Crippen molar-refractivity contribution < 1.29 is 23.8 Å². The summed E-state index contributed by atoms with van der Waals surface area (Å²) in [7, 11) is 0. The first-order chi connectivity index (χ1) is 17.5. The van der Waals surface area contributed by atoms with Crippen molar-refractivity contribution in [3.63, 3.8) is 0 Å². The molecule has 2 aliphatic heterocycles. The van der Waals surface area contributed by atoms with Gasteiger partial charge in [0.25, 0.3) is 0 Å². The summed E-state index contributed by atoms with van der Waals surface area (Å²) in [6.45, 7) is 5.83. The number of primary amides is 1. The molecule has 2 aromatic carbocycles. The fourth-order valence-electron chi connectivity index (χ4n) is 4.81. The second kappa shape index (κ2) is 8.88. The minimum absolute atomic E-state index is 0.0265. The Balaban J connectivity index is 1.48. The van der Waals surface area contributed by atoms with Gasteiger partial charge in [-0.15, -0.1) is 0 Å². The Morgan fingerprint density at radius 2 is 1.92 bits per heavy atom. The molecule has 37 heavy (non-hydrogen) atoms. The first kappa shape index (κ1) is 24.8. The van der Waals surface area contributed by atoms with Crippen LogP contribution in [0.4, 0.5) is 4.39 Å². The van der Waals surface area contributed by atoms with Gasteiger partial charge in [-0.3, -0.25) is 14.6 Å². The highest BCUT2D eigenvalue weighted by Crippen LogP contribution is 2.46. The molecule has 190 valence electrons. The molecule has 2 atom stereocenters. The van der Waals surface area contributed by atoms with E-state index in [4.69, 9.17) is 10.5 Å². The highest BCUT2D eigenvalue weighted by atomic mass is 19.1. The number of nitrogens with zero attached hydrogens (tertiary/aromatic N) is 2. The van der Waals surface area contributed by atoms with Crippen LogP contribution in [0.2, 0.25) is 0 Å². The number of benzene rings is 2. The lowest BCUT2D eigenvalue weighted by molar-refractivity contribution is -0.123. The molecule has 0 bridgehead atoms. The number of nitrogens with two attached hydrogens (primary N) is 1. The second-order valence-electron chi connectivity index (χ2n) is 10.2. The zero-order valence-electron chi connectivity index (χ0n) is 21.0. The van der Waals surface area contributed by atoms with E-state index in [0.29, 0.717) is 34.7 Å². The van der Waals surface area contributed by atoms with Gasteiger partial charge >= 0.3 is 0 Å². The molecule has 0 radical (unpaired) electrons. The standard InChI is InChI=1S/C29H28FN3O4/c1-16-21-12-18(4-5-19(21)14-32-16)23(34)10-11-29(3,36)24-13-22-26(37-15-28(22,2)27(31)35)25(33-24)17-6-8-20(30)9-7-17/h4-9,12-13,36H,10-11,14-15H2,1-3H3,(H2,31,35)/t28-,29-/m0/s1. The van der Waals surface area contributed by atoms with Crippen molar-refractivity contribution in [2.24, 2.45) is 10.7 Å². The molecule has 0 spiro atoms. The Morgan fingerprint density at radius 3 is 2.62 bits per heavy atom. The van der Waals surface area contributed by atoms with Crippen LogP contribution in [0.25, 0.3) is 11.3 Å². The number of halogens is 1. The van der Waals surface area contributed by atoms with Gasteiger partial charge in [-0.2, -0.15) is 0 Å². The number of ether oxygens (including phenoxy) is 1. The fraction of sp³-hybridized carbons (Fsp3) is 0.310. The molecule has 3 heterocycles. The molecule has 0 saturated carbocycles. The summed E-state index contributed by atoms with van der Waals surface area (Å²) in [5, 5.41) is 11.5. The molecule has 2 aliphatic rings. The molecule has 0 aliphatic carbocycles. The van der Waals surface area contributed by atoms with Crippen molar-refractivity contribution >= 4 is 17.4 Å². The van der Waals surface area contributed by atoms with Gasteiger partial charge in [0, 0.05) is 34.4 Å². The predicted octanol–water partition coefficient (Wildman–Crippen LogP) is 4.22. The van der Waals surface area contributed by atoms with E-state index in [-0.39, 0.29) is 30.9 Å². The quantitative estimate of drug-likeness (QED) is 0.471. The molecule has 8 heteroatoms. The number of Topliss-reactive ketones (excluding diaryl/α,β-unsaturated/α-hetero) is 1. The maximum Gasteiger partial charge on any atom is 0.231 e. The molecule has 5 rings (SSSR count). The number of carbonyl (C=O) groups excluding carboxylic acids is 2. The van der Waals surface area contributed by atoms with E-state index in [1.807, 2.05) is 19.1 Å². The van der Waals surface area contributed by atoms with Crippen LogP contribution in [0, 0.1) is 5.82 Å². The van der Waals surface area contributed by atoms with Crippen LogP contribution in [-0.2, 0) is 22.4 Å². The van der Waals surface area contributed by atoms with Gasteiger partial charge in [-0.25, -0.2) is 9.37 Å². The third kappa shape index (κ3) is 4.31. The Labute approximate surface area is 214 Å². The van der Waals surface area contributed by atoms with Gasteiger partial charge in [-0.1, -0.05) is 12.1 Å². The van der Waals surface area contributed by atoms with E-state index in [2.05, 4.69) is 9.98 Å². The minimum Gasteiger partial charge on any atom is -0.489 e. The molecule has 0 unspecified atom stereocenters. The van der Waals surface area contributed by atoms with E-state index < -0.39 is 22.7 Å². The molecule has 3 aromatic rings. The summed E-state index contributed by atoms with van der Waals surface area (Å²) >= 11 is 0. The van der Waals surface area contributed by atoms with Crippen LogP contribution < -0.4 is 10.5 Å². The lowest BCUT2D eigenvalue weighted by atomic mass is 9.81. The van der Waals surface area contributed by atoms with E-state index >= 15 is 0 Å². The summed E-state index contributed by atoms with van der Waals surface area (Å²) in [5.41, 5.74) is 8.35. The Kier molecular flexibility index (Phi) is 5.95. The number of carbonyl (C=O) groups is 2. The van der Waals surface area contributed by atoms with Gasteiger partial charge in [0.15, 0.2) is 5.78 Å². The molecular formula is C29H28FN3O4. The number of rotatable bonds is 7. The summed E-state index contributed by atoms with van der Waals surface area (Å²) in [6.07, 6.45) is 0.176. The molecular weight excluding hydrogens is 473 g/mol. The highest BCUT2D eigenvalue weighted by Gasteiger charge is 2.45. The smallest absolute Gasteiger partial charge is 0.231 e. The SMILES string of the molecule is CC1=NCc2ccc(C(=O)CC[C@](C)(O)c3cc4c(c(-c5ccc(F)cc5)n3)OC[C@]4(C)C(N)=O)cc21. The number of hydrogen-bond donors (Lipinski definition) is 2. The summed E-state index contributed by atoms with van der Waals surface area (Å²) in [6, 6.07) is 12.9. The van der Waals surface area contributed by atoms with Crippen LogP contribution in [-0.4, -0.2) is 34.1 Å². The molecule has 0 fully saturated rings. The van der Waals surface area contributed by atoms with Crippen molar-refractivity contribution in [3.8, 4) is 17.0 Å². The largest absolute Gasteiger partial charge is 0.489 e. The number of aliphatic imine (C=N–C) groups is 1. The number of ketones is 1. The first-order valence-electron chi connectivity index (χ1n) is 12.1. The van der Waals surface area contributed by atoms with Gasteiger partial charge in [0.2, 0.25) is 5.91 Å². The Bertz CT molecular complexity index is 1460. The predicted molar refractivity (Wildman–Crippen MR) is 137 cm³/mol. The zero-order chi connectivity index (χ0) is 26.5. The molecule has 1 aromatic heterocycles. The van der Waals surface area contributed by atoms with Gasteiger partial charge in [-0.05, 0) is 69.2 Å². The number of aliphatic hydroxyl groups is 1. The normalized spacial score (nSPS) is 19.4. The number of hydrogen-bond acceptors (Lipinski definition) is 6. The third-order valence-corrected chi connectivity index (χ3v) is 7.43. The molecule has 3 N–H and O–H groups in total. The monoisotopic (exact) mass is 501 g/mol. The third-order valence-electron chi connectivity index (χ3n) is 7.43. The van der Waals surface area contributed by atoms with Crippen molar-refractivity contribution in [1.82, 2.24) is 4.98 Å². The van der Waals surface area contributed by atoms with Crippen LogP contribution in [0.5, 0.6) is 5.75 Å². The topological polar surface area (TPSA) is 115 Å². The maximum absolute atomic E-state index is 13.6. The van der Waals surface area contributed by atoms with E-state index in [9.17, 15) is 19.1 Å². The molecule has 7 nitrogen and oxygen atoms in total. The van der Waals surface area contributed by atoms with Crippen LogP contribution >= 0.6 is 0 Å². The van der Waals surface area contributed by atoms with Gasteiger partial charge in [0.05, 0.1) is 12.2 Å². The van der Waals surface area contributed by atoms with E-state index in [1.165, 1.54) is 12.1 Å². The van der Waals surface area contributed by atoms with Crippen molar-refractivity contribution in [3.05, 3.63) is 82.3 Å². The summed E-state index contributed by atoms with van der Waals surface area (Å²) < 4.78 is 19.5. The van der Waals surface area contributed by atoms with Crippen LogP contribution in [0.1, 0.15) is 66.4 Å². The summed E-state index contributed by atoms with van der Waals surface area (Å²) in [5.74, 6) is -0.705. The van der Waals surface area contributed by atoms with Crippen molar-refractivity contribution in [2.45, 2.75) is 51.2 Å². The van der Waals surface area contributed by atoms with Gasteiger partial charge < -0.3 is 15.6 Å². The number of fused-ring (bicyclic) bond motifs is 2. The lowest BCUT2D eigenvalue weighted by Gasteiger charge is -2.26. The van der Waals surface area contributed by atoms with E-state index in [0.717, 1.165) is 16.8 Å². The second-order valence-corrected chi connectivity index (χ2v) is 10.2. The fourth-order valence-corrected chi connectivity index (χ4v) is 4.81. The Morgan fingerprint density at radius 1 is 1.19 bits per heavy atom. The van der Waals surface area contributed by atoms with Crippen LogP contribution in [0.3, 0.4) is 0 Å². The first-order valence-corrected chi connectivity index (χ1v) is 12.1. The molecule has 0 saturated heterocycles. The van der Waals surface area contributed by atoms with Crippen LogP contribution in [0.15, 0.2) is 53.5 Å². The maximum atomic E-state index is 13.6. The minimum atomic E-state index is -1.51. The zero-order valence-corrected chi connectivity index (χ0v) is 21.0. The summed E-state index contributed by atoms with van der Waals surface area (Å²) in [4.78, 5) is 34.5. The van der Waals surface area contributed by atoms with Gasteiger partial charge in [0.1, 0.15) is 34.9 Å². The van der Waals surface area contributed by atoms with Crippen molar-refractivity contribution in [2.75, 3.05) is 6.61 Å². The van der Waals surface area contributed by atoms with Crippen molar-refractivity contribution in [1.29, 1.82) is 0 Å². The average molecular weight is 502 g/mol.